The van der Waals surface area contributed by atoms with Crippen molar-refractivity contribution in [1.82, 2.24) is 14.7 Å². The summed E-state index contributed by atoms with van der Waals surface area (Å²) in [7, 11) is 1.60. The molecule has 0 fully saturated rings. The van der Waals surface area contributed by atoms with Crippen LogP contribution in [0, 0.1) is 6.92 Å². The molecule has 198 valence electrons. The van der Waals surface area contributed by atoms with E-state index in [0.717, 1.165) is 22.5 Å². The Labute approximate surface area is 223 Å². The van der Waals surface area contributed by atoms with E-state index in [2.05, 4.69) is 26.1 Å². The van der Waals surface area contributed by atoms with Gasteiger partial charge >= 0.3 is 0 Å². The molecule has 0 aliphatic carbocycles. The number of carbonyl (C=O) groups is 2. The number of para-hydroxylation sites is 1. The second-order valence-electron chi connectivity index (χ2n) is 10.3. The largest absolute Gasteiger partial charge is 0.497 e. The van der Waals surface area contributed by atoms with Crippen LogP contribution in [-0.2, 0) is 28.0 Å². The van der Waals surface area contributed by atoms with Gasteiger partial charge in [0.2, 0.25) is 11.8 Å². The van der Waals surface area contributed by atoms with E-state index in [-0.39, 0.29) is 36.7 Å². The van der Waals surface area contributed by atoms with Gasteiger partial charge in [0, 0.05) is 11.5 Å². The number of hydrogen-bond acceptors (Lipinski definition) is 5. The van der Waals surface area contributed by atoms with Crippen molar-refractivity contribution >= 4 is 17.6 Å². The van der Waals surface area contributed by atoms with Gasteiger partial charge < -0.3 is 19.4 Å². The van der Waals surface area contributed by atoms with E-state index in [0.29, 0.717) is 17.3 Å². The number of rotatable bonds is 9. The second kappa shape index (κ2) is 11.4. The van der Waals surface area contributed by atoms with Gasteiger partial charge in [0.1, 0.15) is 23.9 Å². The van der Waals surface area contributed by atoms with Crippen LogP contribution in [0.4, 0.5) is 5.82 Å². The molecular weight excluding hydrogens is 480 g/mol. The molecule has 0 spiro atoms. The zero-order valence-electron chi connectivity index (χ0n) is 22.5. The SMILES string of the molecule is COc1ccc(CC(=O)N(CC(=O)Nc2cc(C(C)(C)C)nn2-c2ccccc2C)Cc2ccco2)cc1. The van der Waals surface area contributed by atoms with Gasteiger partial charge in [-0.3, -0.25) is 9.59 Å². The quantitative estimate of drug-likeness (QED) is 0.328. The number of nitrogens with zero attached hydrogens (tertiary/aromatic N) is 3. The second-order valence-corrected chi connectivity index (χ2v) is 10.3. The number of aromatic nitrogens is 2. The lowest BCUT2D eigenvalue weighted by Gasteiger charge is -2.21. The minimum Gasteiger partial charge on any atom is -0.497 e. The van der Waals surface area contributed by atoms with Crippen LogP contribution in [-0.4, -0.2) is 40.1 Å². The first-order valence-corrected chi connectivity index (χ1v) is 12.5. The van der Waals surface area contributed by atoms with Gasteiger partial charge in [-0.15, -0.1) is 0 Å². The zero-order valence-corrected chi connectivity index (χ0v) is 22.5. The fourth-order valence-electron chi connectivity index (χ4n) is 4.03. The summed E-state index contributed by atoms with van der Waals surface area (Å²) in [6.07, 6.45) is 1.70. The van der Waals surface area contributed by atoms with Crippen LogP contribution < -0.4 is 10.1 Å². The molecule has 0 bridgehead atoms. The van der Waals surface area contributed by atoms with Gasteiger partial charge in [-0.25, -0.2) is 4.68 Å². The predicted molar refractivity (Wildman–Crippen MR) is 146 cm³/mol. The lowest BCUT2D eigenvalue weighted by Crippen LogP contribution is -2.38. The molecule has 4 aromatic rings. The molecule has 0 unspecified atom stereocenters. The molecule has 38 heavy (non-hydrogen) atoms. The fraction of sp³-hybridized carbons (Fsp3) is 0.300. The molecule has 2 heterocycles. The first-order valence-electron chi connectivity index (χ1n) is 12.5. The number of furan rings is 1. The normalized spacial score (nSPS) is 11.3. The fourth-order valence-corrected chi connectivity index (χ4v) is 4.03. The van der Waals surface area contributed by atoms with Crippen molar-refractivity contribution in [3.05, 3.63) is 95.6 Å². The molecule has 8 nitrogen and oxygen atoms in total. The number of methoxy groups -OCH3 is 1. The maximum Gasteiger partial charge on any atom is 0.245 e. The third-order valence-corrected chi connectivity index (χ3v) is 6.22. The Bertz CT molecular complexity index is 1380. The van der Waals surface area contributed by atoms with Crippen LogP contribution in [0.5, 0.6) is 5.75 Å². The molecule has 4 rings (SSSR count). The molecule has 0 aliphatic rings. The van der Waals surface area contributed by atoms with Crippen molar-refractivity contribution < 1.29 is 18.7 Å². The first kappa shape index (κ1) is 26.7. The summed E-state index contributed by atoms with van der Waals surface area (Å²) in [5, 5.41) is 7.80. The van der Waals surface area contributed by atoms with E-state index < -0.39 is 0 Å². The van der Waals surface area contributed by atoms with Crippen LogP contribution in [0.25, 0.3) is 5.69 Å². The Hall–Kier alpha value is -4.33. The van der Waals surface area contributed by atoms with E-state index in [1.54, 1.807) is 30.2 Å². The molecule has 0 saturated heterocycles. The van der Waals surface area contributed by atoms with Gasteiger partial charge in [-0.2, -0.15) is 5.10 Å². The number of nitrogens with one attached hydrogen (secondary N) is 1. The molecule has 0 saturated carbocycles. The van der Waals surface area contributed by atoms with Gasteiger partial charge in [-0.1, -0.05) is 51.1 Å². The number of ether oxygens (including phenoxy) is 1. The number of anilines is 1. The van der Waals surface area contributed by atoms with Crippen LogP contribution in [0.15, 0.2) is 77.4 Å². The van der Waals surface area contributed by atoms with Gasteiger partial charge in [0.15, 0.2) is 0 Å². The van der Waals surface area contributed by atoms with Crippen molar-refractivity contribution in [1.29, 1.82) is 0 Å². The highest BCUT2D eigenvalue weighted by molar-refractivity contribution is 5.94. The van der Waals surface area contributed by atoms with Gasteiger partial charge in [-0.05, 0) is 48.4 Å². The Kier molecular flexibility index (Phi) is 8.00. The molecule has 0 radical (unpaired) electrons. The minimum atomic E-state index is -0.324. The first-order chi connectivity index (χ1) is 18.1. The Balaban J connectivity index is 1.56. The molecule has 2 amide bonds. The smallest absolute Gasteiger partial charge is 0.245 e. The Morgan fingerprint density at radius 3 is 2.42 bits per heavy atom. The minimum absolute atomic E-state index is 0.139. The lowest BCUT2D eigenvalue weighted by atomic mass is 9.92. The molecule has 1 N–H and O–H groups in total. The average molecular weight is 515 g/mol. The van der Waals surface area contributed by atoms with Crippen molar-refractivity contribution in [2.45, 2.75) is 46.1 Å². The maximum absolute atomic E-state index is 13.3. The summed E-state index contributed by atoms with van der Waals surface area (Å²) in [5.41, 5.74) is 3.36. The molecular formula is C30H34N4O4. The standard InChI is InChI=1S/C30H34N4O4/c1-21-9-6-7-11-25(21)34-27(18-26(32-34)30(2,3)4)31-28(35)20-33(19-24-10-8-16-38-24)29(36)17-22-12-14-23(37-5)15-13-22/h6-16,18H,17,19-20H2,1-5H3,(H,31,35). The summed E-state index contributed by atoms with van der Waals surface area (Å²) in [6.45, 7) is 8.27. The van der Waals surface area contributed by atoms with Crippen LogP contribution >= 0.6 is 0 Å². The molecule has 0 aliphatic heterocycles. The van der Waals surface area contributed by atoms with Crippen molar-refractivity contribution in [3.63, 3.8) is 0 Å². The van der Waals surface area contributed by atoms with Crippen LogP contribution in [0.1, 0.15) is 43.4 Å². The average Bonchev–Trinajstić information content (AvgIpc) is 3.54. The summed E-state index contributed by atoms with van der Waals surface area (Å²) >= 11 is 0. The number of aryl methyl sites for hydroxylation is 1. The van der Waals surface area contributed by atoms with Gasteiger partial charge in [0.05, 0.1) is 37.7 Å². The highest BCUT2D eigenvalue weighted by Crippen LogP contribution is 2.27. The van der Waals surface area contributed by atoms with Crippen LogP contribution in [0.2, 0.25) is 0 Å². The van der Waals surface area contributed by atoms with E-state index in [9.17, 15) is 9.59 Å². The summed E-state index contributed by atoms with van der Waals surface area (Å²) in [5.74, 6) is 1.35. The zero-order chi connectivity index (χ0) is 27.3. The lowest BCUT2D eigenvalue weighted by molar-refractivity contribution is -0.135. The molecule has 2 aromatic heterocycles. The topological polar surface area (TPSA) is 89.6 Å². The summed E-state index contributed by atoms with van der Waals surface area (Å²) in [6, 6.07) is 20.6. The third-order valence-electron chi connectivity index (χ3n) is 6.22. The number of carbonyl (C=O) groups excluding carboxylic acids is 2. The van der Waals surface area contributed by atoms with Crippen molar-refractivity contribution in [2.24, 2.45) is 0 Å². The van der Waals surface area contributed by atoms with Crippen molar-refractivity contribution in [3.8, 4) is 11.4 Å². The van der Waals surface area contributed by atoms with Crippen LogP contribution in [0.3, 0.4) is 0 Å². The summed E-state index contributed by atoms with van der Waals surface area (Å²) < 4.78 is 12.4. The number of hydrogen-bond donors (Lipinski definition) is 1. The highest BCUT2D eigenvalue weighted by atomic mass is 16.5. The third kappa shape index (κ3) is 6.51. The van der Waals surface area contributed by atoms with Gasteiger partial charge in [0.25, 0.3) is 0 Å². The Morgan fingerprint density at radius 2 is 1.79 bits per heavy atom. The van der Waals surface area contributed by atoms with Crippen molar-refractivity contribution in [2.75, 3.05) is 19.0 Å². The highest BCUT2D eigenvalue weighted by Gasteiger charge is 2.24. The van der Waals surface area contributed by atoms with E-state index >= 15 is 0 Å². The Morgan fingerprint density at radius 1 is 1.05 bits per heavy atom. The monoisotopic (exact) mass is 514 g/mol. The molecule has 8 heteroatoms. The van der Waals surface area contributed by atoms with E-state index in [4.69, 9.17) is 14.3 Å². The predicted octanol–water partition coefficient (Wildman–Crippen LogP) is 5.29. The summed E-state index contributed by atoms with van der Waals surface area (Å²) in [4.78, 5) is 28.1. The number of benzene rings is 2. The molecule has 0 atom stereocenters. The van der Waals surface area contributed by atoms with E-state index in [1.807, 2.05) is 61.5 Å². The van der Waals surface area contributed by atoms with E-state index in [1.165, 1.54) is 4.90 Å². The maximum atomic E-state index is 13.3. The molecule has 2 aromatic carbocycles. The number of amides is 2.